The number of imidazole rings is 1. The van der Waals surface area contributed by atoms with Crippen molar-refractivity contribution in [2.24, 2.45) is 5.73 Å². The van der Waals surface area contributed by atoms with Crippen molar-refractivity contribution >= 4 is 17.0 Å². The molecule has 1 aliphatic heterocycles. The molecule has 0 amide bonds. The van der Waals surface area contributed by atoms with Gasteiger partial charge in [-0.2, -0.15) is 0 Å². The Balaban J connectivity index is 1.87. The van der Waals surface area contributed by atoms with Gasteiger partial charge in [-0.25, -0.2) is 15.0 Å². The highest BCUT2D eigenvalue weighted by molar-refractivity contribution is 5.82. The Labute approximate surface area is 138 Å². The van der Waals surface area contributed by atoms with Gasteiger partial charge >= 0.3 is 0 Å². The Bertz CT molecular complexity index is 680. The fourth-order valence-electron chi connectivity index (χ4n) is 2.74. The lowest BCUT2D eigenvalue weighted by Crippen LogP contribution is -2.33. The normalized spacial score (nSPS) is 27.0. The smallest absolute Gasteiger partial charge is 0.167 e. The minimum atomic E-state index is -1.11. The third-order valence-electron chi connectivity index (χ3n) is 3.97. The number of hydrogen-bond acceptors (Lipinski definition) is 9. The maximum Gasteiger partial charge on any atom is 0.167 e. The van der Waals surface area contributed by atoms with E-state index in [1.807, 2.05) is 0 Å². The molecule has 2 aromatic heterocycles. The number of aromatic nitrogens is 4. The molecule has 3 heterocycles. The van der Waals surface area contributed by atoms with Crippen LogP contribution in [0.15, 0.2) is 12.7 Å². The largest absolute Gasteiger partial charge is 0.387 e. The summed E-state index contributed by atoms with van der Waals surface area (Å²) in [5.74, 6) is 0.591. The van der Waals surface area contributed by atoms with Crippen LogP contribution in [0.4, 0.5) is 5.82 Å². The van der Waals surface area contributed by atoms with Crippen molar-refractivity contribution in [3.05, 3.63) is 12.7 Å². The molecule has 0 aliphatic carbocycles. The zero-order valence-corrected chi connectivity index (χ0v) is 13.4. The maximum absolute atomic E-state index is 10.3. The van der Waals surface area contributed by atoms with Crippen LogP contribution in [0.3, 0.4) is 0 Å². The highest BCUT2D eigenvalue weighted by Gasteiger charge is 2.44. The summed E-state index contributed by atoms with van der Waals surface area (Å²) in [5, 5.41) is 23.5. The molecule has 0 radical (unpaired) electrons. The third kappa shape index (κ3) is 3.06. The molecule has 1 saturated heterocycles. The Morgan fingerprint density at radius 2 is 2.17 bits per heavy atom. The van der Waals surface area contributed by atoms with Gasteiger partial charge in [0.05, 0.1) is 12.9 Å². The van der Waals surface area contributed by atoms with Crippen molar-refractivity contribution in [1.29, 1.82) is 0 Å². The SMILES string of the molecule is COC[C@H]1O[C@@H](n2cnc3c(NCCCN)ncnc32)C(O)C1O. The van der Waals surface area contributed by atoms with Gasteiger partial charge in [-0.1, -0.05) is 0 Å². The fourth-order valence-corrected chi connectivity index (χ4v) is 2.74. The van der Waals surface area contributed by atoms with Crippen molar-refractivity contribution in [2.75, 3.05) is 32.1 Å². The van der Waals surface area contributed by atoms with E-state index in [0.717, 1.165) is 6.42 Å². The minimum absolute atomic E-state index is 0.183. The first-order valence-corrected chi connectivity index (χ1v) is 7.79. The van der Waals surface area contributed by atoms with Gasteiger partial charge in [-0.15, -0.1) is 0 Å². The number of rotatable bonds is 7. The summed E-state index contributed by atoms with van der Waals surface area (Å²) in [4.78, 5) is 12.7. The quantitative estimate of drug-likeness (QED) is 0.461. The Hall–Kier alpha value is -1.85. The van der Waals surface area contributed by atoms with Gasteiger partial charge in [0.2, 0.25) is 0 Å². The van der Waals surface area contributed by atoms with Gasteiger partial charge in [0.25, 0.3) is 0 Å². The molecule has 4 atom stereocenters. The van der Waals surface area contributed by atoms with E-state index in [2.05, 4.69) is 20.3 Å². The van der Waals surface area contributed by atoms with E-state index < -0.39 is 24.5 Å². The fraction of sp³-hybridized carbons (Fsp3) is 0.643. The highest BCUT2D eigenvalue weighted by atomic mass is 16.6. The van der Waals surface area contributed by atoms with Crippen molar-refractivity contribution in [3.8, 4) is 0 Å². The van der Waals surface area contributed by atoms with E-state index >= 15 is 0 Å². The molecule has 2 unspecified atom stereocenters. The van der Waals surface area contributed by atoms with Crippen molar-refractivity contribution in [1.82, 2.24) is 19.5 Å². The monoisotopic (exact) mass is 338 g/mol. The topological polar surface area (TPSA) is 141 Å². The molecule has 0 bridgehead atoms. The predicted octanol–water partition coefficient (Wildman–Crippen LogP) is -1.15. The second-order valence-corrected chi connectivity index (χ2v) is 5.62. The van der Waals surface area contributed by atoms with E-state index in [9.17, 15) is 10.2 Å². The molecule has 132 valence electrons. The van der Waals surface area contributed by atoms with Crippen LogP contribution < -0.4 is 11.1 Å². The molecule has 1 aliphatic rings. The number of nitrogens with two attached hydrogens (primary N) is 1. The molecule has 3 rings (SSSR count). The lowest BCUT2D eigenvalue weighted by atomic mass is 10.1. The first-order chi connectivity index (χ1) is 11.7. The standard InChI is InChI=1S/C14H22N6O4/c1-23-5-8-10(21)11(22)14(24-8)20-7-19-9-12(16-4-2-3-15)17-6-18-13(9)20/h6-8,10-11,14,21-22H,2-5,15H2,1H3,(H,16,17,18)/t8-,10?,11?,14-/m1/s1. The van der Waals surface area contributed by atoms with Crippen LogP contribution in [0, 0.1) is 0 Å². The first-order valence-electron chi connectivity index (χ1n) is 7.79. The van der Waals surface area contributed by atoms with E-state index in [4.69, 9.17) is 15.2 Å². The zero-order chi connectivity index (χ0) is 17.1. The van der Waals surface area contributed by atoms with Crippen LogP contribution in [-0.2, 0) is 9.47 Å². The van der Waals surface area contributed by atoms with Crippen LogP contribution >= 0.6 is 0 Å². The Morgan fingerprint density at radius 3 is 2.92 bits per heavy atom. The maximum atomic E-state index is 10.3. The van der Waals surface area contributed by atoms with Gasteiger partial charge in [-0.3, -0.25) is 4.57 Å². The van der Waals surface area contributed by atoms with Gasteiger partial charge < -0.3 is 30.7 Å². The summed E-state index contributed by atoms with van der Waals surface area (Å²) in [6.45, 7) is 1.44. The zero-order valence-electron chi connectivity index (χ0n) is 13.4. The van der Waals surface area contributed by atoms with Gasteiger partial charge in [-0.05, 0) is 13.0 Å². The average molecular weight is 338 g/mol. The van der Waals surface area contributed by atoms with E-state index in [0.29, 0.717) is 30.1 Å². The molecule has 0 spiro atoms. The summed E-state index contributed by atoms with van der Waals surface area (Å²) in [7, 11) is 1.51. The molecular formula is C14H22N6O4. The Kier molecular flexibility index (Phi) is 5.21. The van der Waals surface area contributed by atoms with Gasteiger partial charge in [0.15, 0.2) is 23.2 Å². The summed E-state index contributed by atoms with van der Waals surface area (Å²) < 4.78 is 12.3. The molecule has 2 aromatic rings. The summed E-state index contributed by atoms with van der Waals surface area (Å²) in [6.07, 6.45) is 0.177. The molecule has 1 fully saturated rings. The average Bonchev–Trinajstić information content (AvgIpc) is 3.12. The number of fused-ring (bicyclic) bond motifs is 1. The lowest BCUT2D eigenvalue weighted by Gasteiger charge is -2.16. The van der Waals surface area contributed by atoms with Crippen molar-refractivity contribution < 1.29 is 19.7 Å². The van der Waals surface area contributed by atoms with Crippen LogP contribution in [0.1, 0.15) is 12.6 Å². The van der Waals surface area contributed by atoms with Gasteiger partial charge in [0, 0.05) is 13.7 Å². The number of anilines is 1. The molecule has 0 saturated carbocycles. The van der Waals surface area contributed by atoms with Crippen LogP contribution in [-0.4, -0.2) is 74.9 Å². The van der Waals surface area contributed by atoms with Gasteiger partial charge in [0.1, 0.15) is 24.6 Å². The van der Waals surface area contributed by atoms with E-state index in [1.165, 1.54) is 19.8 Å². The predicted molar refractivity (Wildman–Crippen MR) is 85.3 cm³/mol. The number of ether oxygens (including phenoxy) is 2. The second kappa shape index (κ2) is 7.36. The molecular weight excluding hydrogens is 316 g/mol. The first kappa shape index (κ1) is 17.0. The van der Waals surface area contributed by atoms with E-state index in [1.54, 1.807) is 4.57 Å². The minimum Gasteiger partial charge on any atom is -0.387 e. The number of aliphatic hydroxyl groups excluding tert-OH is 2. The van der Waals surface area contributed by atoms with Crippen LogP contribution in [0.5, 0.6) is 0 Å². The van der Waals surface area contributed by atoms with Crippen LogP contribution in [0.2, 0.25) is 0 Å². The molecule has 5 N–H and O–H groups in total. The second-order valence-electron chi connectivity index (χ2n) is 5.62. The van der Waals surface area contributed by atoms with Crippen molar-refractivity contribution in [2.45, 2.75) is 31.0 Å². The molecule has 10 heteroatoms. The number of aliphatic hydroxyl groups is 2. The van der Waals surface area contributed by atoms with Crippen molar-refractivity contribution in [3.63, 3.8) is 0 Å². The van der Waals surface area contributed by atoms with Crippen LogP contribution in [0.25, 0.3) is 11.2 Å². The number of nitrogens with zero attached hydrogens (tertiary/aromatic N) is 4. The molecule has 0 aromatic carbocycles. The highest BCUT2D eigenvalue weighted by Crippen LogP contribution is 2.32. The number of methoxy groups -OCH3 is 1. The number of nitrogens with one attached hydrogen (secondary N) is 1. The third-order valence-corrected chi connectivity index (χ3v) is 3.97. The lowest BCUT2D eigenvalue weighted by molar-refractivity contribution is -0.0580. The molecule has 24 heavy (non-hydrogen) atoms. The molecule has 10 nitrogen and oxygen atoms in total. The summed E-state index contributed by atoms with van der Waals surface area (Å²) >= 11 is 0. The summed E-state index contributed by atoms with van der Waals surface area (Å²) in [5.41, 5.74) is 6.56. The Morgan fingerprint density at radius 1 is 1.33 bits per heavy atom. The van der Waals surface area contributed by atoms with E-state index in [-0.39, 0.29) is 6.61 Å². The summed E-state index contributed by atoms with van der Waals surface area (Å²) in [6, 6.07) is 0. The number of hydrogen-bond donors (Lipinski definition) is 4.